The molecule has 0 saturated carbocycles. The van der Waals surface area contributed by atoms with Crippen LogP contribution in [0.25, 0.3) is 11.0 Å². The van der Waals surface area contributed by atoms with Crippen LogP contribution in [-0.2, 0) is 13.0 Å². The van der Waals surface area contributed by atoms with Crippen molar-refractivity contribution in [2.24, 2.45) is 11.8 Å². The molecule has 2 unspecified atom stereocenters. The largest absolute Gasteiger partial charge is 0.396 e. The molecular formula is C18H14Cl2F6N2. The molecule has 0 spiro atoms. The molecule has 0 radical (unpaired) electrons. The Kier molecular flexibility index (Phi) is 5.49. The first-order valence-electron chi connectivity index (χ1n) is 8.21. The number of aromatic nitrogens is 2. The van der Waals surface area contributed by atoms with E-state index in [1.54, 1.807) is 0 Å². The van der Waals surface area contributed by atoms with Gasteiger partial charge in [0.05, 0.1) is 27.0 Å². The minimum Gasteiger partial charge on any atom is -0.323 e. The number of benzene rings is 1. The van der Waals surface area contributed by atoms with Gasteiger partial charge < -0.3 is 4.57 Å². The summed E-state index contributed by atoms with van der Waals surface area (Å²) >= 11 is 11.9. The van der Waals surface area contributed by atoms with Crippen LogP contribution in [0.15, 0.2) is 35.9 Å². The second-order valence-electron chi connectivity index (χ2n) is 6.64. The quantitative estimate of drug-likeness (QED) is 0.480. The lowest BCUT2D eigenvalue weighted by molar-refractivity contribution is -0.170. The molecule has 2 aromatic rings. The van der Waals surface area contributed by atoms with E-state index < -0.39 is 30.6 Å². The van der Waals surface area contributed by atoms with E-state index in [-0.39, 0.29) is 33.4 Å². The molecule has 1 aromatic carbocycles. The highest BCUT2D eigenvalue weighted by Gasteiger charge is 2.43. The van der Waals surface area contributed by atoms with Gasteiger partial charge in [-0.3, -0.25) is 0 Å². The summed E-state index contributed by atoms with van der Waals surface area (Å²) in [5, 5.41) is 0.246. The van der Waals surface area contributed by atoms with Gasteiger partial charge in [0.25, 0.3) is 0 Å². The Hall–Kier alpha value is -1.67. The summed E-state index contributed by atoms with van der Waals surface area (Å²) in [5.41, 5.74) is 0.819. The average Bonchev–Trinajstić information content (AvgIpc) is 2.83. The van der Waals surface area contributed by atoms with Crippen molar-refractivity contribution in [3.05, 3.63) is 51.8 Å². The molecule has 0 bridgehead atoms. The molecule has 0 fully saturated rings. The maximum Gasteiger partial charge on any atom is 0.396 e. The van der Waals surface area contributed by atoms with E-state index in [1.807, 2.05) is 0 Å². The lowest BCUT2D eigenvalue weighted by Gasteiger charge is -2.29. The molecule has 152 valence electrons. The number of fused-ring (bicyclic) bond motifs is 1. The van der Waals surface area contributed by atoms with E-state index in [0.717, 1.165) is 6.08 Å². The maximum atomic E-state index is 13.2. The highest BCUT2D eigenvalue weighted by Crippen LogP contribution is 2.40. The van der Waals surface area contributed by atoms with Crippen LogP contribution in [0.1, 0.15) is 12.7 Å². The summed E-state index contributed by atoms with van der Waals surface area (Å²) in [6.07, 6.45) is -6.48. The number of allylic oxidation sites excluding steroid dienone is 4. The first kappa shape index (κ1) is 21.0. The predicted molar refractivity (Wildman–Crippen MR) is 95.4 cm³/mol. The normalized spacial score (nSPS) is 20.7. The second kappa shape index (κ2) is 7.30. The third-order valence-electron chi connectivity index (χ3n) is 4.70. The van der Waals surface area contributed by atoms with Crippen LogP contribution in [0.2, 0.25) is 10.0 Å². The highest BCUT2D eigenvalue weighted by atomic mass is 35.5. The number of rotatable bonds is 3. The van der Waals surface area contributed by atoms with Crippen LogP contribution in [0.4, 0.5) is 26.3 Å². The Bertz CT molecular complexity index is 956. The van der Waals surface area contributed by atoms with Gasteiger partial charge in [-0.2, -0.15) is 26.3 Å². The van der Waals surface area contributed by atoms with Crippen molar-refractivity contribution in [1.82, 2.24) is 9.55 Å². The van der Waals surface area contributed by atoms with Crippen molar-refractivity contribution in [1.29, 1.82) is 0 Å². The molecule has 0 amide bonds. The first-order valence-corrected chi connectivity index (χ1v) is 8.97. The molecule has 1 aromatic heterocycles. The SMILES string of the molecule is CC1C(Cn2c(CC(F)(F)F)nc3cc(Cl)c(Cl)cc32)=CC=CC1C(F)(F)F. The lowest BCUT2D eigenvalue weighted by Crippen LogP contribution is -2.31. The van der Waals surface area contributed by atoms with Crippen molar-refractivity contribution in [3.8, 4) is 0 Å². The van der Waals surface area contributed by atoms with Crippen LogP contribution in [0.5, 0.6) is 0 Å². The Morgan fingerprint density at radius 2 is 1.71 bits per heavy atom. The zero-order chi connectivity index (χ0) is 20.9. The van der Waals surface area contributed by atoms with Gasteiger partial charge in [-0.1, -0.05) is 48.4 Å². The molecular weight excluding hydrogens is 429 g/mol. The van der Waals surface area contributed by atoms with Gasteiger partial charge in [0, 0.05) is 6.54 Å². The fourth-order valence-corrected chi connectivity index (χ4v) is 3.60. The third-order valence-corrected chi connectivity index (χ3v) is 5.42. The molecule has 0 aliphatic heterocycles. The maximum absolute atomic E-state index is 13.2. The van der Waals surface area contributed by atoms with E-state index in [0.29, 0.717) is 5.57 Å². The third kappa shape index (κ3) is 4.33. The smallest absolute Gasteiger partial charge is 0.323 e. The summed E-state index contributed by atoms with van der Waals surface area (Å²) in [7, 11) is 0. The van der Waals surface area contributed by atoms with Crippen molar-refractivity contribution >= 4 is 34.2 Å². The van der Waals surface area contributed by atoms with Crippen LogP contribution in [0, 0.1) is 11.8 Å². The molecule has 28 heavy (non-hydrogen) atoms. The number of halogens is 8. The van der Waals surface area contributed by atoms with E-state index in [4.69, 9.17) is 23.2 Å². The van der Waals surface area contributed by atoms with Gasteiger partial charge in [0.15, 0.2) is 0 Å². The van der Waals surface area contributed by atoms with E-state index in [9.17, 15) is 26.3 Å². The molecule has 10 heteroatoms. The Labute approximate surface area is 166 Å². The Morgan fingerprint density at radius 3 is 2.32 bits per heavy atom. The fourth-order valence-electron chi connectivity index (χ4n) is 3.28. The first-order chi connectivity index (χ1) is 12.9. The number of hydrogen-bond donors (Lipinski definition) is 0. The fraction of sp³-hybridized carbons (Fsp3) is 0.389. The summed E-state index contributed by atoms with van der Waals surface area (Å²) in [5.74, 6) is -2.94. The zero-order valence-electron chi connectivity index (χ0n) is 14.4. The molecule has 3 rings (SSSR count). The monoisotopic (exact) mass is 442 g/mol. The van der Waals surface area contributed by atoms with Crippen LogP contribution in [0.3, 0.4) is 0 Å². The molecule has 1 aliphatic rings. The summed E-state index contributed by atoms with van der Waals surface area (Å²) in [6, 6.07) is 2.71. The molecule has 2 nitrogen and oxygen atoms in total. The summed E-state index contributed by atoms with van der Waals surface area (Å²) in [4.78, 5) is 3.99. The van der Waals surface area contributed by atoms with Gasteiger partial charge in [0.2, 0.25) is 0 Å². The topological polar surface area (TPSA) is 17.8 Å². The summed E-state index contributed by atoms with van der Waals surface area (Å²) in [6.45, 7) is 1.23. The van der Waals surface area contributed by atoms with E-state index >= 15 is 0 Å². The molecule has 1 heterocycles. The van der Waals surface area contributed by atoms with E-state index in [2.05, 4.69) is 4.98 Å². The van der Waals surface area contributed by atoms with Crippen LogP contribution in [-0.4, -0.2) is 21.9 Å². The second-order valence-corrected chi connectivity index (χ2v) is 7.46. The van der Waals surface area contributed by atoms with E-state index in [1.165, 1.54) is 35.8 Å². The lowest BCUT2D eigenvalue weighted by atomic mass is 9.83. The predicted octanol–water partition coefficient (Wildman–Crippen LogP) is 6.76. The molecule has 0 saturated heterocycles. The van der Waals surface area contributed by atoms with Crippen molar-refractivity contribution in [3.63, 3.8) is 0 Å². The average molecular weight is 443 g/mol. The minimum atomic E-state index is -4.53. The number of hydrogen-bond acceptors (Lipinski definition) is 1. The van der Waals surface area contributed by atoms with Crippen LogP contribution >= 0.6 is 23.2 Å². The minimum absolute atomic E-state index is 0.118. The van der Waals surface area contributed by atoms with Gasteiger partial charge in [-0.15, -0.1) is 0 Å². The van der Waals surface area contributed by atoms with Gasteiger partial charge in [-0.05, 0) is 23.6 Å². The number of imidazole rings is 1. The van der Waals surface area contributed by atoms with Crippen molar-refractivity contribution < 1.29 is 26.3 Å². The molecule has 0 N–H and O–H groups in total. The molecule has 1 aliphatic carbocycles. The van der Waals surface area contributed by atoms with Gasteiger partial charge in [0.1, 0.15) is 12.2 Å². The Balaban J connectivity index is 2.06. The van der Waals surface area contributed by atoms with Crippen molar-refractivity contribution in [2.75, 3.05) is 0 Å². The Morgan fingerprint density at radius 1 is 1.07 bits per heavy atom. The van der Waals surface area contributed by atoms with Crippen LogP contribution < -0.4 is 0 Å². The van der Waals surface area contributed by atoms with Crippen molar-refractivity contribution in [2.45, 2.75) is 32.2 Å². The summed E-state index contributed by atoms with van der Waals surface area (Å²) < 4.78 is 79.9. The number of nitrogens with zero attached hydrogens (tertiary/aromatic N) is 2. The standard InChI is InChI=1S/C18H14Cl2F6N2/c1-9-10(3-2-4-11(9)18(24,25)26)8-28-15-6-13(20)12(19)5-14(15)27-16(28)7-17(21,22)23/h2-6,9,11H,7-8H2,1H3. The van der Waals surface area contributed by atoms with Gasteiger partial charge >= 0.3 is 12.4 Å². The van der Waals surface area contributed by atoms with Gasteiger partial charge in [-0.25, -0.2) is 4.98 Å². The molecule has 2 atom stereocenters. The zero-order valence-corrected chi connectivity index (χ0v) is 15.9. The highest BCUT2D eigenvalue weighted by molar-refractivity contribution is 6.42. The number of alkyl halides is 6.